The third-order valence-electron chi connectivity index (χ3n) is 4.21. The summed E-state index contributed by atoms with van der Waals surface area (Å²) in [5.74, 6) is 0.233. The maximum Gasteiger partial charge on any atom is 0.223 e. The van der Waals surface area contributed by atoms with Crippen molar-refractivity contribution in [2.45, 2.75) is 38.6 Å². The summed E-state index contributed by atoms with van der Waals surface area (Å²) in [4.78, 5) is 14.1. The second-order valence-corrected chi connectivity index (χ2v) is 8.32. The van der Waals surface area contributed by atoms with E-state index in [0.717, 1.165) is 6.42 Å². The molecule has 1 aliphatic heterocycles. The number of nitrogens with zero attached hydrogens (tertiary/aromatic N) is 1. The van der Waals surface area contributed by atoms with Crippen LogP contribution in [-0.4, -0.2) is 43.8 Å². The predicted octanol–water partition coefficient (Wildman–Crippen LogP) is 2.13. The van der Waals surface area contributed by atoms with Crippen LogP contribution in [0.5, 0.6) is 0 Å². The normalized spacial score (nSPS) is 22.5. The van der Waals surface area contributed by atoms with Crippen molar-refractivity contribution < 1.29 is 13.2 Å². The van der Waals surface area contributed by atoms with Gasteiger partial charge in [0, 0.05) is 31.2 Å². The Morgan fingerprint density at radius 3 is 2.62 bits per heavy atom. The number of hydrogen-bond donors (Lipinski definition) is 0. The molecular weight excluding hydrogens is 286 g/mol. The molecule has 0 aliphatic carbocycles. The lowest BCUT2D eigenvalue weighted by atomic mass is 9.93. The monoisotopic (exact) mass is 309 g/mol. The van der Waals surface area contributed by atoms with Gasteiger partial charge in [0.15, 0.2) is 0 Å². The molecule has 2 rings (SSSR count). The highest BCUT2D eigenvalue weighted by Gasteiger charge is 2.33. The molecule has 1 fully saturated rings. The first-order valence-corrected chi connectivity index (χ1v) is 9.36. The van der Waals surface area contributed by atoms with E-state index in [-0.39, 0.29) is 24.1 Å². The van der Waals surface area contributed by atoms with Gasteiger partial charge in [-0.1, -0.05) is 24.3 Å². The van der Waals surface area contributed by atoms with Crippen LogP contribution in [0.15, 0.2) is 24.3 Å². The number of amides is 1. The summed E-state index contributed by atoms with van der Waals surface area (Å²) in [5, 5.41) is 0. The van der Waals surface area contributed by atoms with E-state index in [0.29, 0.717) is 12.5 Å². The van der Waals surface area contributed by atoms with Gasteiger partial charge in [0.2, 0.25) is 5.91 Å². The number of benzene rings is 1. The largest absolute Gasteiger partial charge is 0.339 e. The minimum atomic E-state index is -3.09. The first-order valence-electron chi connectivity index (χ1n) is 7.30. The maximum atomic E-state index is 12.2. The zero-order chi connectivity index (χ0) is 15.6. The van der Waals surface area contributed by atoms with Crippen LogP contribution >= 0.6 is 0 Å². The topological polar surface area (TPSA) is 54.5 Å². The highest BCUT2D eigenvalue weighted by atomic mass is 32.2. The standard InChI is InChI=1S/C16H23NO3S/c1-12-6-4-5-7-15(12)14-10-13(2)17(11-14)16(18)8-9-21(3,19)20/h4-7,13-14H,8-11H2,1-3H3/t13-,14+/m0/s1. The van der Waals surface area contributed by atoms with Crippen LogP contribution in [0.4, 0.5) is 0 Å². The summed E-state index contributed by atoms with van der Waals surface area (Å²) in [5.41, 5.74) is 2.54. The molecule has 2 atom stereocenters. The number of carbonyl (C=O) groups is 1. The average Bonchev–Trinajstić information content (AvgIpc) is 2.77. The Labute approximate surface area is 127 Å². The van der Waals surface area contributed by atoms with Crippen LogP contribution in [0.1, 0.15) is 36.8 Å². The van der Waals surface area contributed by atoms with Gasteiger partial charge in [-0.15, -0.1) is 0 Å². The summed E-state index contributed by atoms with van der Waals surface area (Å²) in [6.07, 6.45) is 2.20. The Morgan fingerprint density at radius 1 is 1.33 bits per heavy atom. The molecule has 0 N–H and O–H groups in total. The van der Waals surface area contributed by atoms with Crippen molar-refractivity contribution in [2.24, 2.45) is 0 Å². The smallest absolute Gasteiger partial charge is 0.223 e. The fraction of sp³-hybridized carbons (Fsp3) is 0.562. The average molecular weight is 309 g/mol. The van der Waals surface area contributed by atoms with Crippen molar-refractivity contribution in [1.82, 2.24) is 4.90 Å². The third kappa shape index (κ3) is 4.06. The molecule has 0 aromatic heterocycles. The van der Waals surface area contributed by atoms with E-state index in [1.165, 1.54) is 17.4 Å². The molecule has 0 bridgehead atoms. The van der Waals surface area contributed by atoms with Crippen LogP contribution in [0.2, 0.25) is 0 Å². The van der Waals surface area contributed by atoms with Crippen molar-refractivity contribution in [2.75, 3.05) is 18.6 Å². The third-order valence-corrected chi connectivity index (χ3v) is 5.16. The number of aryl methyl sites for hydroxylation is 1. The quantitative estimate of drug-likeness (QED) is 0.856. The molecular formula is C16H23NO3S. The number of carbonyl (C=O) groups excluding carboxylic acids is 1. The Balaban J connectivity index is 2.04. The van der Waals surface area contributed by atoms with Gasteiger partial charge < -0.3 is 4.90 Å². The number of likely N-dealkylation sites (tertiary alicyclic amines) is 1. The SMILES string of the molecule is Cc1ccccc1[C@@H]1C[C@H](C)N(C(=O)CCS(C)(=O)=O)C1. The number of rotatable bonds is 4. The molecule has 0 radical (unpaired) electrons. The van der Waals surface area contributed by atoms with Gasteiger partial charge >= 0.3 is 0 Å². The fourth-order valence-corrected chi connectivity index (χ4v) is 3.61. The van der Waals surface area contributed by atoms with Crippen molar-refractivity contribution in [3.05, 3.63) is 35.4 Å². The van der Waals surface area contributed by atoms with Gasteiger partial charge in [0.05, 0.1) is 5.75 Å². The molecule has 0 saturated carbocycles. The summed E-state index contributed by atoms with van der Waals surface area (Å²) < 4.78 is 22.4. The van der Waals surface area contributed by atoms with Gasteiger partial charge in [-0.05, 0) is 31.4 Å². The van der Waals surface area contributed by atoms with Crippen LogP contribution < -0.4 is 0 Å². The van der Waals surface area contributed by atoms with Gasteiger partial charge in [-0.3, -0.25) is 4.79 Å². The molecule has 4 nitrogen and oxygen atoms in total. The Morgan fingerprint density at radius 2 is 2.00 bits per heavy atom. The molecule has 1 saturated heterocycles. The first-order chi connectivity index (χ1) is 9.78. The molecule has 0 spiro atoms. The number of hydrogen-bond acceptors (Lipinski definition) is 3. The highest BCUT2D eigenvalue weighted by Crippen LogP contribution is 2.33. The molecule has 0 unspecified atom stereocenters. The van der Waals surface area contributed by atoms with Gasteiger partial charge in [-0.25, -0.2) is 8.42 Å². The minimum absolute atomic E-state index is 0.0518. The Hall–Kier alpha value is -1.36. The van der Waals surface area contributed by atoms with Crippen LogP contribution in [0.3, 0.4) is 0 Å². The fourth-order valence-electron chi connectivity index (χ4n) is 3.07. The van der Waals surface area contributed by atoms with Crippen LogP contribution in [0.25, 0.3) is 0 Å². The first kappa shape index (κ1) is 16.0. The van der Waals surface area contributed by atoms with E-state index in [1.54, 1.807) is 0 Å². The summed E-state index contributed by atoms with van der Waals surface area (Å²) in [6.45, 7) is 4.82. The van der Waals surface area contributed by atoms with Crippen molar-refractivity contribution >= 4 is 15.7 Å². The van der Waals surface area contributed by atoms with Gasteiger partial charge in [0.1, 0.15) is 9.84 Å². The van der Waals surface area contributed by atoms with E-state index < -0.39 is 9.84 Å². The van der Waals surface area contributed by atoms with Gasteiger partial charge in [-0.2, -0.15) is 0 Å². The zero-order valence-electron chi connectivity index (χ0n) is 12.9. The molecule has 5 heteroatoms. The summed E-state index contributed by atoms with van der Waals surface area (Å²) >= 11 is 0. The molecule has 1 amide bonds. The van der Waals surface area contributed by atoms with Crippen LogP contribution in [0, 0.1) is 6.92 Å². The Kier molecular flexibility index (Phi) is 4.71. The molecule has 1 aromatic rings. The lowest BCUT2D eigenvalue weighted by molar-refractivity contribution is -0.131. The summed E-state index contributed by atoms with van der Waals surface area (Å²) in [7, 11) is -3.09. The van der Waals surface area contributed by atoms with Crippen molar-refractivity contribution in [3.63, 3.8) is 0 Å². The number of sulfone groups is 1. The van der Waals surface area contributed by atoms with Gasteiger partial charge in [0.25, 0.3) is 0 Å². The molecule has 116 valence electrons. The van der Waals surface area contributed by atoms with E-state index in [2.05, 4.69) is 19.1 Å². The second kappa shape index (κ2) is 6.18. The minimum Gasteiger partial charge on any atom is -0.339 e. The van der Waals surface area contributed by atoms with Crippen molar-refractivity contribution in [3.8, 4) is 0 Å². The lowest BCUT2D eigenvalue weighted by Crippen LogP contribution is -2.34. The predicted molar refractivity (Wildman–Crippen MR) is 84.0 cm³/mol. The highest BCUT2D eigenvalue weighted by molar-refractivity contribution is 7.90. The van der Waals surface area contributed by atoms with E-state index in [9.17, 15) is 13.2 Å². The maximum absolute atomic E-state index is 12.2. The van der Waals surface area contributed by atoms with Crippen molar-refractivity contribution in [1.29, 1.82) is 0 Å². The summed E-state index contributed by atoms with van der Waals surface area (Å²) in [6, 6.07) is 8.43. The van der Waals surface area contributed by atoms with E-state index in [1.807, 2.05) is 24.0 Å². The molecule has 1 aliphatic rings. The Bertz CT molecular complexity index is 624. The molecule has 21 heavy (non-hydrogen) atoms. The van der Waals surface area contributed by atoms with Crippen LogP contribution in [-0.2, 0) is 14.6 Å². The second-order valence-electron chi connectivity index (χ2n) is 6.06. The lowest BCUT2D eigenvalue weighted by Gasteiger charge is -2.21. The van der Waals surface area contributed by atoms with E-state index >= 15 is 0 Å². The van der Waals surface area contributed by atoms with E-state index in [4.69, 9.17) is 0 Å². The molecule has 1 heterocycles. The molecule has 1 aromatic carbocycles. The zero-order valence-corrected chi connectivity index (χ0v) is 13.7.